The van der Waals surface area contributed by atoms with Gasteiger partial charge in [-0.25, -0.2) is 0 Å². The molecule has 0 aromatic rings. The zero-order chi connectivity index (χ0) is 12.0. The van der Waals surface area contributed by atoms with Crippen LogP contribution in [-0.2, 0) is 9.53 Å². The third kappa shape index (κ3) is 3.19. The highest BCUT2D eigenvalue weighted by Crippen LogP contribution is 2.19. The zero-order valence-electron chi connectivity index (χ0n) is 10.6. The van der Waals surface area contributed by atoms with Gasteiger partial charge < -0.3 is 15.4 Å². The fraction of sp³-hybridized carbons (Fsp3) is 0.917. The molecular formula is C12H24N2O2. The second-order valence-corrected chi connectivity index (χ2v) is 4.41. The van der Waals surface area contributed by atoms with Crippen LogP contribution < -0.4 is 10.6 Å². The summed E-state index contributed by atoms with van der Waals surface area (Å²) < 4.78 is 5.30. The number of carbonyl (C=O) groups is 1. The summed E-state index contributed by atoms with van der Waals surface area (Å²) >= 11 is 0. The molecule has 4 nitrogen and oxygen atoms in total. The van der Waals surface area contributed by atoms with E-state index in [2.05, 4.69) is 31.4 Å². The number of hydrogen-bond acceptors (Lipinski definition) is 3. The second-order valence-electron chi connectivity index (χ2n) is 4.41. The van der Waals surface area contributed by atoms with Gasteiger partial charge in [-0.05, 0) is 19.3 Å². The lowest BCUT2D eigenvalue weighted by Crippen LogP contribution is -2.57. The van der Waals surface area contributed by atoms with Crippen LogP contribution in [-0.4, -0.2) is 37.2 Å². The summed E-state index contributed by atoms with van der Waals surface area (Å²) in [5.74, 6) is 0.0743. The van der Waals surface area contributed by atoms with Gasteiger partial charge in [0.1, 0.15) is 6.04 Å². The third-order valence-electron chi connectivity index (χ3n) is 3.66. The van der Waals surface area contributed by atoms with Gasteiger partial charge in [0, 0.05) is 12.1 Å². The molecule has 2 N–H and O–H groups in total. The first-order valence-corrected chi connectivity index (χ1v) is 6.30. The fourth-order valence-corrected chi connectivity index (χ4v) is 2.10. The first-order valence-electron chi connectivity index (χ1n) is 6.30. The van der Waals surface area contributed by atoms with E-state index in [1.807, 2.05) is 0 Å². The van der Waals surface area contributed by atoms with Crippen LogP contribution in [0.1, 0.15) is 40.0 Å². The molecular weight excluding hydrogens is 204 g/mol. The van der Waals surface area contributed by atoms with Crippen molar-refractivity contribution >= 4 is 5.91 Å². The number of ether oxygens (including phenoxy) is 1. The maximum Gasteiger partial charge on any atom is 0.239 e. The molecule has 94 valence electrons. The Kier molecular flexibility index (Phi) is 5.22. The van der Waals surface area contributed by atoms with Crippen molar-refractivity contribution in [3.8, 4) is 0 Å². The second kappa shape index (κ2) is 6.21. The monoisotopic (exact) mass is 228 g/mol. The van der Waals surface area contributed by atoms with Crippen molar-refractivity contribution in [3.05, 3.63) is 0 Å². The minimum absolute atomic E-state index is 0.0454. The molecule has 0 bridgehead atoms. The van der Waals surface area contributed by atoms with Crippen molar-refractivity contribution in [1.82, 2.24) is 10.6 Å². The molecule has 0 spiro atoms. The molecule has 0 radical (unpaired) electrons. The predicted octanol–water partition coefficient (Wildman–Crippen LogP) is 1.06. The van der Waals surface area contributed by atoms with Gasteiger partial charge in [-0.3, -0.25) is 4.79 Å². The summed E-state index contributed by atoms with van der Waals surface area (Å²) in [5, 5.41) is 6.34. The van der Waals surface area contributed by atoms with Crippen LogP contribution in [0.2, 0.25) is 0 Å². The number of nitrogens with one attached hydrogen (secondary N) is 2. The van der Waals surface area contributed by atoms with Crippen LogP contribution in [0.4, 0.5) is 0 Å². The average molecular weight is 228 g/mol. The number of amides is 1. The zero-order valence-corrected chi connectivity index (χ0v) is 10.6. The smallest absolute Gasteiger partial charge is 0.239 e. The van der Waals surface area contributed by atoms with E-state index in [1.54, 1.807) is 0 Å². The number of morpholine rings is 1. The Balaban J connectivity index is 2.53. The summed E-state index contributed by atoms with van der Waals surface area (Å²) in [7, 11) is 0. The van der Waals surface area contributed by atoms with E-state index < -0.39 is 0 Å². The first-order chi connectivity index (χ1) is 7.67. The van der Waals surface area contributed by atoms with E-state index in [0.29, 0.717) is 13.2 Å². The Morgan fingerprint density at radius 3 is 2.44 bits per heavy atom. The minimum atomic E-state index is -0.183. The topological polar surface area (TPSA) is 50.4 Å². The van der Waals surface area contributed by atoms with Gasteiger partial charge in [0.25, 0.3) is 0 Å². The van der Waals surface area contributed by atoms with Crippen molar-refractivity contribution in [1.29, 1.82) is 0 Å². The highest BCUT2D eigenvalue weighted by molar-refractivity contribution is 5.82. The molecule has 1 unspecified atom stereocenters. The molecule has 1 aliphatic rings. The minimum Gasteiger partial charge on any atom is -0.378 e. The Hall–Kier alpha value is -0.610. The molecule has 1 aliphatic heterocycles. The molecule has 0 aromatic carbocycles. The predicted molar refractivity (Wildman–Crippen MR) is 64.4 cm³/mol. The molecule has 1 amide bonds. The highest BCUT2D eigenvalue weighted by atomic mass is 16.5. The van der Waals surface area contributed by atoms with Crippen molar-refractivity contribution in [3.63, 3.8) is 0 Å². The largest absolute Gasteiger partial charge is 0.378 e. The van der Waals surface area contributed by atoms with Crippen molar-refractivity contribution in [2.24, 2.45) is 0 Å². The Labute approximate surface area is 98.1 Å². The summed E-state index contributed by atoms with van der Waals surface area (Å²) in [6.45, 7) is 8.31. The first kappa shape index (κ1) is 13.5. The van der Waals surface area contributed by atoms with Crippen LogP contribution in [0.5, 0.6) is 0 Å². The van der Waals surface area contributed by atoms with Gasteiger partial charge >= 0.3 is 0 Å². The lowest BCUT2D eigenvalue weighted by atomic mass is 9.89. The van der Waals surface area contributed by atoms with E-state index in [4.69, 9.17) is 4.74 Å². The summed E-state index contributed by atoms with van der Waals surface area (Å²) in [6, 6.07) is -0.183. The lowest BCUT2D eigenvalue weighted by Gasteiger charge is -2.34. The Bertz CT molecular complexity index is 213. The van der Waals surface area contributed by atoms with Gasteiger partial charge in [-0.15, -0.1) is 0 Å². The van der Waals surface area contributed by atoms with Crippen molar-refractivity contribution < 1.29 is 9.53 Å². The highest BCUT2D eigenvalue weighted by Gasteiger charge is 2.30. The third-order valence-corrected chi connectivity index (χ3v) is 3.66. The van der Waals surface area contributed by atoms with Gasteiger partial charge in [-0.1, -0.05) is 20.8 Å². The molecule has 0 aliphatic carbocycles. The van der Waals surface area contributed by atoms with E-state index >= 15 is 0 Å². The molecule has 1 rings (SSSR count). The molecule has 1 fully saturated rings. The molecule has 1 heterocycles. The van der Waals surface area contributed by atoms with Crippen LogP contribution in [0.15, 0.2) is 0 Å². The molecule has 4 heteroatoms. The van der Waals surface area contributed by atoms with Crippen LogP contribution in [0, 0.1) is 0 Å². The van der Waals surface area contributed by atoms with Gasteiger partial charge in [0.2, 0.25) is 5.91 Å². The van der Waals surface area contributed by atoms with E-state index in [0.717, 1.165) is 25.8 Å². The molecule has 1 saturated heterocycles. The van der Waals surface area contributed by atoms with Gasteiger partial charge in [0.05, 0.1) is 13.2 Å². The van der Waals surface area contributed by atoms with Crippen LogP contribution >= 0.6 is 0 Å². The van der Waals surface area contributed by atoms with E-state index in [9.17, 15) is 4.79 Å². The maximum absolute atomic E-state index is 12.0. The normalized spacial score (nSPS) is 21.8. The quantitative estimate of drug-likeness (QED) is 0.740. The van der Waals surface area contributed by atoms with Crippen molar-refractivity contribution in [2.45, 2.75) is 51.6 Å². The van der Waals surface area contributed by atoms with E-state index in [1.165, 1.54) is 0 Å². The molecule has 1 atom stereocenters. The SMILES string of the molecule is CCC(CC)(CC)NC(=O)C1COCCN1. The Morgan fingerprint density at radius 1 is 1.38 bits per heavy atom. The van der Waals surface area contributed by atoms with Gasteiger partial charge in [-0.2, -0.15) is 0 Å². The number of hydrogen-bond donors (Lipinski definition) is 2. The molecule has 16 heavy (non-hydrogen) atoms. The number of rotatable bonds is 5. The molecule has 0 saturated carbocycles. The van der Waals surface area contributed by atoms with E-state index in [-0.39, 0.29) is 17.5 Å². The number of carbonyl (C=O) groups excluding carboxylic acids is 1. The Morgan fingerprint density at radius 2 is 2.00 bits per heavy atom. The van der Waals surface area contributed by atoms with Gasteiger partial charge in [0.15, 0.2) is 0 Å². The lowest BCUT2D eigenvalue weighted by molar-refractivity contribution is -0.128. The summed E-state index contributed by atoms with van der Waals surface area (Å²) in [4.78, 5) is 12.0. The summed E-state index contributed by atoms with van der Waals surface area (Å²) in [6.07, 6.45) is 2.91. The average Bonchev–Trinajstić information content (AvgIpc) is 2.37. The maximum atomic E-state index is 12.0. The van der Waals surface area contributed by atoms with Crippen molar-refractivity contribution in [2.75, 3.05) is 19.8 Å². The fourth-order valence-electron chi connectivity index (χ4n) is 2.10. The van der Waals surface area contributed by atoms with Crippen LogP contribution in [0.3, 0.4) is 0 Å². The molecule has 0 aromatic heterocycles. The standard InChI is InChI=1S/C12H24N2O2/c1-4-12(5-2,6-3)14-11(15)10-9-16-8-7-13-10/h10,13H,4-9H2,1-3H3,(H,14,15). The van der Waals surface area contributed by atoms with Crippen LogP contribution in [0.25, 0.3) is 0 Å². The summed E-state index contributed by atoms with van der Waals surface area (Å²) in [5.41, 5.74) is -0.0454.